The first kappa shape index (κ1) is 14.4. The van der Waals surface area contributed by atoms with Crippen molar-refractivity contribution >= 4 is 17.9 Å². The Morgan fingerprint density at radius 3 is 2.44 bits per heavy atom. The van der Waals surface area contributed by atoms with Crippen molar-refractivity contribution in [3.05, 3.63) is 0 Å². The molecular weight excluding hydrogens is 240 g/mol. The number of rotatable bonds is 2. The van der Waals surface area contributed by atoms with Crippen LogP contribution >= 0.6 is 0 Å². The topological polar surface area (TPSA) is 95.9 Å². The predicted octanol–water partition coefficient (Wildman–Crippen LogP) is -0.0231. The first-order valence-corrected chi connectivity index (χ1v) is 5.65. The van der Waals surface area contributed by atoms with E-state index in [-0.39, 0.29) is 6.42 Å². The maximum Gasteiger partial charge on any atom is 0.409 e. The number of imide groups is 1. The van der Waals surface area contributed by atoms with Crippen LogP contribution in [0.4, 0.5) is 4.79 Å². The summed E-state index contributed by atoms with van der Waals surface area (Å²) >= 11 is 0. The van der Waals surface area contributed by atoms with Gasteiger partial charge in [0.05, 0.1) is 6.42 Å². The van der Waals surface area contributed by atoms with Gasteiger partial charge in [0.2, 0.25) is 5.91 Å². The van der Waals surface area contributed by atoms with E-state index >= 15 is 0 Å². The minimum absolute atomic E-state index is 0.251. The van der Waals surface area contributed by atoms with Crippen LogP contribution in [0, 0.1) is 0 Å². The molecule has 0 aromatic rings. The first-order chi connectivity index (χ1) is 8.11. The summed E-state index contributed by atoms with van der Waals surface area (Å²) in [7, 11) is 0. The SMILES string of the molecule is C[C@H](NC(=O)OC(C)(C)C)N1C(=O)CC(O)C1=O. The molecule has 0 aromatic heterocycles. The number of carbonyl (C=O) groups is 3. The van der Waals surface area contributed by atoms with Crippen LogP contribution in [0.1, 0.15) is 34.1 Å². The Bertz CT molecular complexity index is 374. The number of aliphatic hydroxyl groups is 1. The zero-order valence-electron chi connectivity index (χ0n) is 10.9. The van der Waals surface area contributed by atoms with Crippen molar-refractivity contribution < 1.29 is 24.2 Å². The maximum atomic E-state index is 11.5. The van der Waals surface area contributed by atoms with Crippen LogP contribution < -0.4 is 5.32 Å². The van der Waals surface area contributed by atoms with Gasteiger partial charge in [0, 0.05) is 0 Å². The van der Waals surface area contributed by atoms with Crippen LogP contribution in [0.5, 0.6) is 0 Å². The summed E-state index contributed by atoms with van der Waals surface area (Å²) < 4.78 is 5.00. The monoisotopic (exact) mass is 258 g/mol. The van der Waals surface area contributed by atoms with Crippen molar-refractivity contribution in [1.29, 1.82) is 0 Å². The molecule has 18 heavy (non-hydrogen) atoms. The molecule has 0 radical (unpaired) electrons. The van der Waals surface area contributed by atoms with Gasteiger partial charge in [0.1, 0.15) is 17.9 Å². The van der Waals surface area contributed by atoms with E-state index in [0.29, 0.717) is 0 Å². The van der Waals surface area contributed by atoms with E-state index in [1.807, 2.05) is 0 Å². The number of likely N-dealkylation sites (tertiary alicyclic amines) is 1. The second-order valence-electron chi connectivity index (χ2n) is 5.14. The fourth-order valence-corrected chi connectivity index (χ4v) is 1.58. The van der Waals surface area contributed by atoms with E-state index in [9.17, 15) is 19.5 Å². The summed E-state index contributed by atoms with van der Waals surface area (Å²) in [6, 6.07) is 0. The highest BCUT2D eigenvalue weighted by molar-refractivity contribution is 6.05. The van der Waals surface area contributed by atoms with Crippen LogP contribution in [0.15, 0.2) is 0 Å². The second kappa shape index (κ2) is 4.93. The van der Waals surface area contributed by atoms with E-state index in [1.54, 1.807) is 20.8 Å². The normalized spacial score (nSPS) is 22.1. The van der Waals surface area contributed by atoms with Gasteiger partial charge >= 0.3 is 6.09 Å². The Labute approximate surface area is 105 Å². The number of amides is 3. The van der Waals surface area contributed by atoms with Crippen LogP contribution in [0.3, 0.4) is 0 Å². The van der Waals surface area contributed by atoms with Gasteiger partial charge in [-0.3, -0.25) is 14.5 Å². The van der Waals surface area contributed by atoms with E-state index < -0.39 is 35.8 Å². The van der Waals surface area contributed by atoms with Crippen molar-refractivity contribution in [3.8, 4) is 0 Å². The molecule has 0 bridgehead atoms. The van der Waals surface area contributed by atoms with Crippen molar-refractivity contribution in [3.63, 3.8) is 0 Å². The molecule has 1 fully saturated rings. The molecule has 1 aliphatic rings. The molecule has 1 saturated heterocycles. The zero-order valence-corrected chi connectivity index (χ0v) is 10.9. The highest BCUT2D eigenvalue weighted by atomic mass is 16.6. The summed E-state index contributed by atoms with van der Waals surface area (Å²) in [4.78, 5) is 35.2. The number of aliphatic hydroxyl groups excluding tert-OH is 1. The molecule has 3 amide bonds. The molecule has 7 nitrogen and oxygen atoms in total. The van der Waals surface area contributed by atoms with Gasteiger partial charge in [-0.2, -0.15) is 0 Å². The summed E-state index contributed by atoms with van der Waals surface area (Å²) in [6.07, 6.45) is -3.14. The third-order valence-corrected chi connectivity index (χ3v) is 2.27. The number of carbonyl (C=O) groups excluding carboxylic acids is 3. The number of ether oxygens (including phenoxy) is 1. The van der Waals surface area contributed by atoms with Crippen molar-refractivity contribution in [1.82, 2.24) is 10.2 Å². The Morgan fingerprint density at radius 1 is 1.50 bits per heavy atom. The molecule has 102 valence electrons. The van der Waals surface area contributed by atoms with E-state index in [4.69, 9.17) is 4.74 Å². The third-order valence-electron chi connectivity index (χ3n) is 2.27. The molecule has 1 aliphatic heterocycles. The van der Waals surface area contributed by atoms with Crippen LogP contribution in [-0.2, 0) is 14.3 Å². The lowest BCUT2D eigenvalue weighted by atomic mass is 10.2. The van der Waals surface area contributed by atoms with Crippen LogP contribution in [0.25, 0.3) is 0 Å². The molecule has 2 N–H and O–H groups in total. The molecule has 0 spiro atoms. The van der Waals surface area contributed by atoms with Gasteiger partial charge in [0.25, 0.3) is 5.91 Å². The summed E-state index contributed by atoms with van der Waals surface area (Å²) in [5.41, 5.74) is -0.664. The minimum atomic E-state index is -1.32. The lowest BCUT2D eigenvalue weighted by molar-refractivity contribution is -0.143. The summed E-state index contributed by atoms with van der Waals surface area (Å²) in [5, 5.41) is 11.6. The summed E-state index contributed by atoms with van der Waals surface area (Å²) in [5.74, 6) is -1.22. The maximum absolute atomic E-state index is 11.5. The number of alkyl carbamates (subject to hydrolysis) is 1. The lowest BCUT2D eigenvalue weighted by Gasteiger charge is -2.26. The molecule has 1 unspecified atom stereocenters. The van der Waals surface area contributed by atoms with Crippen molar-refractivity contribution in [2.75, 3.05) is 0 Å². The number of nitrogens with zero attached hydrogens (tertiary/aromatic N) is 1. The lowest BCUT2D eigenvalue weighted by Crippen LogP contribution is -2.50. The molecule has 7 heteroatoms. The summed E-state index contributed by atoms with van der Waals surface area (Å²) in [6.45, 7) is 6.57. The highest BCUT2D eigenvalue weighted by Gasteiger charge is 2.40. The Hall–Kier alpha value is -1.63. The standard InChI is InChI=1S/C11H18N2O5/c1-6(12-10(17)18-11(2,3)4)13-8(15)5-7(14)9(13)16/h6-7,14H,5H2,1-4H3,(H,12,17)/t6-,7?/m1/s1. The fraction of sp³-hybridized carbons (Fsp3) is 0.727. The van der Waals surface area contributed by atoms with Gasteiger partial charge in [-0.05, 0) is 27.7 Å². The third kappa shape index (κ3) is 3.43. The highest BCUT2D eigenvalue weighted by Crippen LogP contribution is 2.15. The molecule has 2 atom stereocenters. The average Bonchev–Trinajstić information content (AvgIpc) is 2.37. The fourth-order valence-electron chi connectivity index (χ4n) is 1.58. The van der Waals surface area contributed by atoms with E-state index in [2.05, 4.69) is 5.32 Å². The number of hydrogen-bond acceptors (Lipinski definition) is 5. The molecule has 1 heterocycles. The Kier molecular flexibility index (Phi) is 3.95. The second-order valence-corrected chi connectivity index (χ2v) is 5.14. The van der Waals surface area contributed by atoms with Crippen molar-refractivity contribution in [2.24, 2.45) is 0 Å². The Balaban J connectivity index is 2.61. The van der Waals surface area contributed by atoms with Gasteiger partial charge in [-0.1, -0.05) is 0 Å². The number of hydrogen-bond donors (Lipinski definition) is 2. The van der Waals surface area contributed by atoms with E-state index in [1.165, 1.54) is 6.92 Å². The molecule has 0 saturated carbocycles. The largest absolute Gasteiger partial charge is 0.444 e. The molecule has 0 aromatic carbocycles. The Morgan fingerprint density at radius 2 is 2.06 bits per heavy atom. The van der Waals surface area contributed by atoms with Crippen LogP contribution in [0.2, 0.25) is 0 Å². The van der Waals surface area contributed by atoms with Gasteiger partial charge in [0.15, 0.2) is 0 Å². The van der Waals surface area contributed by atoms with Gasteiger partial charge in [-0.25, -0.2) is 4.79 Å². The van der Waals surface area contributed by atoms with Crippen molar-refractivity contribution in [2.45, 2.75) is 52.0 Å². The first-order valence-electron chi connectivity index (χ1n) is 5.65. The minimum Gasteiger partial charge on any atom is -0.444 e. The van der Waals surface area contributed by atoms with Gasteiger partial charge < -0.3 is 15.2 Å². The molecule has 1 rings (SSSR count). The average molecular weight is 258 g/mol. The van der Waals surface area contributed by atoms with Crippen LogP contribution in [-0.4, -0.2) is 45.8 Å². The number of nitrogens with one attached hydrogen (secondary N) is 1. The quantitative estimate of drug-likeness (QED) is 0.678. The molecular formula is C11H18N2O5. The molecule has 0 aliphatic carbocycles. The smallest absolute Gasteiger partial charge is 0.409 e. The predicted molar refractivity (Wildman–Crippen MR) is 61.3 cm³/mol. The van der Waals surface area contributed by atoms with E-state index in [0.717, 1.165) is 4.90 Å². The zero-order chi connectivity index (χ0) is 14.1. The van der Waals surface area contributed by atoms with Gasteiger partial charge in [-0.15, -0.1) is 0 Å².